The van der Waals surface area contributed by atoms with Crippen molar-refractivity contribution in [2.24, 2.45) is 5.92 Å². The van der Waals surface area contributed by atoms with Crippen molar-refractivity contribution in [2.45, 2.75) is 38.1 Å². The van der Waals surface area contributed by atoms with E-state index in [0.717, 1.165) is 31.4 Å². The lowest BCUT2D eigenvalue weighted by Crippen LogP contribution is -2.47. The van der Waals surface area contributed by atoms with E-state index in [1.165, 1.54) is 0 Å². The maximum Gasteiger partial charge on any atom is 0.315 e. The number of hydrogen-bond donors (Lipinski definition) is 3. The molecule has 5 nitrogen and oxygen atoms in total. The second-order valence-corrected chi connectivity index (χ2v) is 5.95. The first-order chi connectivity index (χ1) is 9.65. The summed E-state index contributed by atoms with van der Waals surface area (Å²) in [5.74, 6) is 2.61. The van der Waals surface area contributed by atoms with Gasteiger partial charge >= 0.3 is 12.0 Å². The van der Waals surface area contributed by atoms with Gasteiger partial charge in [-0.25, -0.2) is 4.79 Å². The maximum atomic E-state index is 11.8. The van der Waals surface area contributed by atoms with Gasteiger partial charge in [-0.15, -0.1) is 18.2 Å². The highest BCUT2D eigenvalue weighted by molar-refractivity contribution is 7.99. The van der Waals surface area contributed by atoms with E-state index >= 15 is 0 Å². The van der Waals surface area contributed by atoms with Crippen LogP contribution >= 0.6 is 11.8 Å². The van der Waals surface area contributed by atoms with Crippen LogP contribution < -0.4 is 10.6 Å². The molecule has 0 aliphatic heterocycles. The number of aliphatic carboxylic acids is 1. The van der Waals surface area contributed by atoms with E-state index in [2.05, 4.69) is 16.6 Å². The summed E-state index contributed by atoms with van der Waals surface area (Å²) in [4.78, 5) is 23.0. The van der Waals surface area contributed by atoms with Crippen molar-refractivity contribution in [3.05, 3.63) is 0 Å². The first kappa shape index (κ1) is 16.7. The van der Waals surface area contributed by atoms with E-state index in [1.54, 1.807) is 11.8 Å². The van der Waals surface area contributed by atoms with E-state index in [9.17, 15) is 14.7 Å². The van der Waals surface area contributed by atoms with Gasteiger partial charge in [-0.2, -0.15) is 0 Å². The van der Waals surface area contributed by atoms with Crippen LogP contribution in [0.5, 0.6) is 0 Å². The molecule has 0 aromatic carbocycles. The molecule has 1 rings (SSSR count). The fraction of sp³-hybridized carbons (Fsp3) is 0.714. The Morgan fingerprint density at radius 1 is 1.30 bits per heavy atom. The van der Waals surface area contributed by atoms with Crippen LogP contribution in [0.2, 0.25) is 0 Å². The Morgan fingerprint density at radius 3 is 2.75 bits per heavy atom. The van der Waals surface area contributed by atoms with Crippen molar-refractivity contribution in [1.29, 1.82) is 0 Å². The van der Waals surface area contributed by atoms with Gasteiger partial charge < -0.3 is 15.7 Å². The lowest BCUT2D eigenvalue weighted by Gasteiger charge is -2.23. The molecule has 0 radical (unpaired) electrons. The number of carbonyl (C=O) groups is 2. The second-order valence-electron chi connectivity index (χ2n) is 4.85. The fourth-order valence-corrected chi connectivity index (χ4v) is 2.87. The quantitative estimate of drug-likeness (QED) is 0.396. The minimum absolute atomic E-state index is 0.270. The molecular formula is C14H22N2O3S. The van der Waals surface area contributed by atoms with Crippen LogP contribution in [0.15, 0.2) is 0 Å². The predicted octanol–water partition coefficient (Wildman–Crippen LogP) is 1.69. The number of carboxylic acids is 1. The first-order valence-electron chi connectivity index (χ1n) is 6.93. The molecule has 0 spiro atoms. The molecule has 2 unspecified atom stereocenters. The summed E-state index contributed by atoms with van der Waals surface area (Å²) in [5, 5.41) is 14.8. The second kappa shape index (κ2) is 9.54. The normalized spacial score (nSPS) is 22.4. The van der Waals surface area contributed by atoms with Gasteiger partial charge in [-0.3, -0.25) is 4.79 Å². The summed E-state index contributed by atoms with van der Waals surface area (Å²) in [6.07, 6.45) is 9.41. The summed E-state index contributed by atoms with van der Waals surface area (Å²) in [7, 11) is 0. The molecular weight excluding hydrogens is 276 g/mol. The van der Waals surface area contributed by atoms with Crippen molar-refractivity contribution in [2.75, 3.05) is 18.1 Å². The molecule has 0 saturated heterocycles. The van der Waals surface area contributed by atoms with Gasteiger partial charge in [0.15, 0.2) is 0 Å². The van der Waals surface area contributed by atoms with Gasteiger partial charge in [0, 0.05) is 18.3 Å². The van der Waals surface area contributed by atoms with Gasteiger partial charge in [0.2, 0.25) is 0 Å². The third-order valence-corrected chi connectivity index (χ3v) is 4.23. The zero-order valence-corrected chi connectivity index (χ0v) is 12.4. The lowest BCUT2D eigenvalue weighted by molar-refractivity contribution is -0.142. The van der Waals surface area contributed by atoms with E-state index in [4.69, 9.17) is 6.42 Å². The maximum absolute atomic E-state index is 11.8. The third kappa shape index (κ3) is 6.20. The minimum Gasteiger partial charge on any atom is -0.481 e. The number of carbonyl (C=O) groups excluding carboxylic acids is 1. The van der Waals surface area contributed by atoms with Crippen LogP contribution in [0.25, 0.3) is 0 Å². The van der Waals surface area contributed by atoms with Crippen LogP contribution in [0.4, 0.5) is 4.79 Å². The highest BCUT2D eigenvalue weighted by atomic mass is 32.2. The average molecular weight is 298 g/mol. The van der Waals surface area contributed by atoms with E-state index in [1.807, 2.05) is 0 Å². The van der Waals surface area contributed by atoms with E-state index in [0.29, 0.717) is 18.7 Å². The van der Waals surface area contributed by atoms with Crippen LogP contribution in [0.3, 0.4) is 0 Å². The summed E-state index contributed by atoms with van der Waals surface area (Å²) in [6, 6.07) is -0.558. The zero-order chi connectivity index (χ0) is 14.8. The van der Waals surface area contributed by atoms with Gasteiger partial charge in [0.05, 0.1) is 11.7 Å². The molecule has 1 saturated carbocycles. The Morgan fingerprint density at radius 2 is 2.05 bits per heavy atom. The largest absolute Gasteiger partial charge is 0.481 e. The number of carboxylic acid groups (broad SMARTS) is 1. The Labute approximate surface area is 124 Å². The molecule has 112 valence electrons. The number of amides is 2. The van der Waals surface area contributed by atoms with Crippen molar-refractivity contribution in [1.82, 2.24) is 10.6 Å². The summed E-state index contributed by atoms with van der Waals surface area (Å²) >= 11 is 1.58. The molecule has 1 fully saturated rings. The van der Waals surface area contributed by atoms with Crippen molar-refractivity contribution in [3.8, 4) is 12.3 Å². The van der Waals surface area contributed by atoms with Gasteiger partial charge in [-0.1, -0.05) is 25.2 Å². The number of thioether (sulfide) groups is 1. The Kier molecular flexibility index (Phi) is 7.97. The van der Waals surface area contributed by atoms with Gasteiger partial charge in [0.1, 0.15) is 0 Å². The predicted molar refractivity (Wildman–Crippen MR) is 80.7 cm³/mol. The molecule has 2 amide bonds. The van der Waals surface area contributed by atoms with E-state index < -0.39 is 11.9 Å². The molecule has 1 aliphatic carbocycles. The monoisotopic (exact) mass is 298 g/mol. The summed E-state index contributed by atoms with van der Waals surface area (Å²) in [6.45, 7) is 0.530. The molecule has 20 heavy (non-hydrogen) atoms. The smallest absolute Gasteiger partial charge is 0.315 e. The minimum atomic E-state index is -0.818. The molecule has 0 aromatic heterocycles. The highest BCUT2D eigenvalue weighted by Crippen LogP contribution is 2.23. The van der Waals surface area contributed by atoms with Crippen molar-refractivity contribution >= 4 is 23.8 Å². The molecule has 0 heterocycles. The molecule has 0 bridgehead atoms. The Balaban J connectivity index is 2.34. The summed E-state index contributed by atoms with van der Waals surface area (Å²) in [5.41, 5.74) is 0. The van der Waals surface area contributed by atoms with Crippen LogP contribution in [0.1, 0.15) is 32.1 Å². The third-order valence-electron chi connectivity index (χ3n) is 3.37. The topological polar surface area (TPSA) is 78.4 Å². The molecule has 3 N–H and O–H groups in total. The van der Waals surface area contributed by atoms with Gasteiger partial charge in [0.25, 0.3) is 0 Å². The Hall–Kier alpha value is -1.35. The number of urea groups is 1. The van der Waals surface area contributed by atoms with Crippen LogP contribution in [0, 0.1) is 18.3 Å². The van der Waals surface area contributed by atoms with Crippen molar-refractivity contribution in [3.63, 3.8) is 0 Å². The highest BCUT2D eigenvalue weighted by Gasteiger charge is 2.30. The average Bonchev–Trinajstić information content (AvgIpc) is 2.64. The molecule has 0 aromatic rings. The van der Waals surface area contributed by atoms with Crippen LogP contribution in [-0.4, -0.2) is 41.2 Å². The summed E-state index contributed by atoms with van der Waals surface area (Å²) < 4.78 is 0. The number of hydrogen-bond acceptors (Lipinski definition) is 3. The fourth-order valence-electron chi connectivity index (χ4n) is 2.36. The molecule has 2 atom stereocenters. The SMILES string of the molecule is C#CCSCCNC(=O)NC1CCCCCC1C(=O)O. The van der Waals surface area contributed by atoms with Crippen LogP contribution in [-0.2, 0) is 4.79 Å². The van der Waals surface area contributed by atoms with E-state index in [-0.39, 0.29) is 12.1 Å². The lowest BCUT2D eigenvalue weighted by atomic mass is 9.95. The van der Waals surface area contributed by atoms with Gasteiger partial charge in [-0.05, 0) is 12.8 Å². The number of terminal acetylenes is 1. The van der Waals surface area contributed by atoms with Crippen molar-refractivity contribution < 1.29 is 14.7 Å². The number of rotatable bonds is 6. The standard InChI is InChI=1S/C14H22N2O3S/c1-2-9-20-10-8-15-14(19)16-12-7-5-3-4-6-11(12)13(17)18/h1,11-12H,3-10H2,(H,17,18)(H2,15,16,19). The molecule has 1 aliphatic rings. The zero-order valence-electron chi connectivity index (χ0n) is 11.6. The number of nitrogens with one attached hydrogen (secondary N) is 2. The first-order valence-corrected chi connectivity index (χ1v) is 8.09. The molecule has 6 heteroatoms. The Bertz CT molecular complexity index is 368.